The van der Waals surface area contributed by atoms with Crippen LogP contribution in [0.4, 0.5) is 0 Å². The molecule has 92 valence electrons. The van der Waals surface area contributed by atoms with E-state index in [9.17, 15) is 0 Å². The minimum absolute atomic E-state index is 0.465. The summed E-state index contributed by atoms with van der Waals surface area (Å²) in [6.45, 7) is 7.87. The maximum atomic E-state index is 5.97. The lowest BCUT2D eigenvalue weighted by atomic mass is 9.44. The normalized spacial score (nSPS) is 51.9. The van der Waals surface area contributed by atoms with Crippen LogP contribution in [-0.2, 0) is 4.74 Å². The van der Waals surface area contributed by atoms with Gasteiger partial charge < -0.3 is 4.74 Å². The summed E-state index contributed by atoms with van der Waals surface area (Å²) in [5.74, 6) is 4.07. The largest absolute Gasteiger partial charge is 0.378 e. The van der Waals surface area contributed by atoms with Gasteiger partial charge in [-0.2, -0.15) is 0 Å². The SMILES string of the molecule is CCOC(C)C1(C)C2CC3CC(C2)CC1C3. The van der Waals surface area contributed by atoms with Crippen LogP contribution in [0.5, 0.6) is 0 Å². The molecule has 4 aliphatic carbocycles. The molecule has 0 aromatic carbocycles. The Balaban J connectivity index is 1.84. The van der Waals surface area contributed by atoms with Crippen molar-refractivity contribution < 1.29 is 4.74 Å². The second kappa shape index (κ2) is 3.73. The van der Waals surface area contributed by atoms with Gasteiger partial charge in [-0.1, -0.05) is 6.92 Å². The molecule has 1 atom stereocenters. The van der Waals surface area contributed by atoms with Crippen LogP contribution < -0.4 is 0 Å². The smallest absolute Gasteiger partial charge is 0.0605 e. The fraction of sp³-hybridized carbons (Fsp3) is 1.00. The fourth-order valence-electron chi connectivity index (χ4n) is 5.29. The Morgan fingerprint density at radius 1 is 1.06 bits per heavy atom. The predicted octanol–water partition coefficient (Wildman–Crippen LogP) is 3.87. The Hall–Kier alpha value is -0.0400. The lowest BCUT2D eigenvalue weighted by molar-refractivity contribution is -0.166. The summed E-state index contributed by atoms with van der Waals surface area (Å²) in [7, 11) is 0. The van der Waals surface area contributed by atoms with E-state index >= 15 is 0 Å². The number of hydrogen-bond acceptors (Lipinski definition) is 1. The van der Waals surface area contributed by atoms with Gasteiger partial charge in [-0.3, -0.25) is 0 Å². The minimum atomic E-state index is 0.465. The quantitative estimate of drug-likeness (QED) is 0.704. The zero-order valence-electron chi connectivity index (χ0n) is 11.0. The lowest BCUT2D eigenvalue weighted by Gasteiger charge is -2.62. The van der Waals surface area contributed by atoms with Crippen LogP contribution in [0.3, 0.4) is 0 Å². The van der Waals surface area contributed by atoms with Gasteiger partial charge in [0.2, 0.25) is 0 Å². The standard InChI is InChI=1S/C15H26O/c1-4-16-10(2)15(3)13-6-11-5-12(8-13)9-14(15)7-11/h10-14H,4-9H2,1-3H3. The highest BCUT2D eigenvalue weighted by Gasteiger charge is 2.56. The fourth-order valence-corrected chi connectivity index (χ4v) is 5.29. The maximum absolute atomic E-state index is 5.97. The van der Waals surface area contributed by atoms with Crippen molar-refractivity contribution in [1.82, 2.24) is 0 Å². The average molecular weight is 222 g/mol. The summed E-state index contributed by atoms with van der Waals surface area (Å²) in [6.07, 6.45) is 8.02. The minimum Gasteiger partial charge on any atom is -0.378 e. The van der Waals surface area contributed by atoms with Gasteiger partial charge in [0.05, 0.1) is 6.10 Å². The summed E-state index contributed by atoms with van der Waals surface area (Å²) in [6, 6.07) is 0. The van der Waals surface area contributed by atoms with E-state index in [1.54, 1.807) is 6.42 Å². The molecule has 1 nitrogen and oxygen atoms in total. The third kappa shape index (κ3) is 1.40. The lowest BCUT2D eigenvalue weighted by Crippen LogP contribution is -2.56. The zero-order valence-corrected chi connectivity index (χ0v) is 11.0. The Morgan fingerprint density at radius 3 is 2.00 bits per heavy atom. The molecular weight excluding hydrogens is 196 g/mol. The molecule has 0 N–H and O–H groups in total. The van der Waals surface area contributed by atoms with E-state index < -0.39 is 0 Å². The van der Waals surface area contributed by atoms with E-state index in [0.717, 1.165) is 30.3 Å². The summed E-state index contributed by atoms with van der Waals surface area (Å²) in [5, 5.41) is 0. The number of ether oxygens (including phenoxy) is 1. The van der Waals surface area contributed by atoms with Crippen LogP contribution in [0.25, 0.3) is 0 Å². The van der Waals surface area contributed by atoms with Crippen LogP contribution >= 0.6 is 0 Å². The highest BCUT2D eigenvalue weighted by atomic mass is 16.5. The molecule has 4 rings (SSSR count). The van der Waals surface area contributed by atoms with Gasteiger partial charge in [0, 0.05) is 6.61 Å². The Bertz CT molecular complexity index is 243. The number of rotatable bonds is 3. The van der Waals surface area contributed by atoms with Crippen molar-refractivity contribution in [2.75, 3.05) is 6.61 Å². The van der Waals surface area contributed by atoms with Gasteiger partial charge in [-0.25, -0.2) is 0 Å². The molecule has 4 fully saturated rings. The van der Waals surface area contributed by atoms with E-state index in [4.69, 9.17) is 4.74 Å². The highest BCUT2D eigenvalue weighted by Crippen LogP contribution is 2.63. The van der Waals surface area contributed by atoms with Crippen LogP contribution in [0.2, 0.25) is 0 Å². The summed E-state index contributed by atoms with van der Waals surface area (Å²) < 4.78 is 5.97. The van der Waals surface area contributed by atoms with Crippen molar-refractivity contribution in [2.45, 2.75) is 59.0 Å². The zero-order chi connectivity index (χ0) is 11.3. The first-order valence-electron chi connectivity index (χ1n) is 7.26. The third-order valence-corrected chi connectivity index (χ3v) is 6.19. The van der Waals surface area contributed by atoms with Crippen molar-refractivity contribution in [1.29, 1.82) is 0 Å². The van der Waals surface area contributed by atoms with E-state index in [2.05, 4.69) is 20.8 Å². The molecule has 0 aliphatic heterocycles. The molecule has 16 heavy (non-hydrogen) atoms. The van der Waals surface area contributed by atoms with E-state index in [1.165, 1.54) is 25.7 Å². The van der Waals surface area contributed by atoms with Crippen LogP contribution in [-0.4, -0.2) is 12.7 Å². The molecule has 0 radical (unpaired) electrons. The van der Waals surface area contributed by atoms with Gasteiger partial charge in [0.15, 0.2) is 0 Å². The number of hydrogen-bond donors (Lipinski definition) is 0. The van der Waals surface area contributed by atoms with Gasteiger partial charge in [0.25, 0.3) is 0 Å². The van der Waals surface area contributed by atoms with E-state index in [0.29, 0.717) is 11.5 Å². The maximum Gasteiger partial charge on any atom is 0.0605 e. The Kier molecular flexibility index (Phi) is 2.58. The summed E-state index contributed by atoms with van der Waals surface area (Å²) >= 11 is 0. The van der Waals surface area contributed by atoms with Crippen LogP contribution in [0.15, 0.2) is 0 Å². The molecule has 4 saturated carbocycles. The van der Waals surface area contributed by atoms with Crippen LogP contribution in [0.1, 0.15) is 52.9 Å². The van der Waals surface area contributed by atoms with Crippen molar-refractivity contribution in [3.8, 4) is 0 Å². The summed E-state index contributed by atoms with van der Waals surface area (Å²) in [5.41, 5.74) is 0.490. The first kappa shape index (κ1) is 11.1. The second-order valence-corrected chi connectivity index (χ2v) is 6.77. The van der Waals surface area contributed by atoms with Gasteiger partial charge in [-0.05, 0) is 75.0 Å². The molecule has 0 aromatic heterocycles. The van der Waals surface area contributed by atoms with Gasteiger partial charge in [-0.15, -0.1) is 0 Å². The molecule has 0 spiro atoms. The molecule has 0 aromatic rings. The van der Waals surface area contributed by atoms with Crippen molar-refractivity contribution in [3.63, 3.8) is 0 Å². The first-order chi connectivity index (χ1) is 7.64. The van der Waals surface area contributed by atoms with Crippen molar-refractivity contribution in [3.05, 3.63) is 0 Å². The van der Waals surface area contributed by atoms with E-state index in [1.807, 2.05) is 0 Å². The molecule has 4 aliphatic rings. The molecule has 0 amide bonds. The van der Waals surface area contributed by atoms with Crippen molar-refractivity contribution in [2.24, 2.45) is 29.1 Å². The average Bonchev–Trinajstić information content (AvgIpc) is 2.24. The molecule has 4 bridgehead atoms. The Morgan fingerprint density at radius 2 is 1.56 bits per heavy atom. The van der Waals surface area contributed by atoms with Gasteiger partial charge in [0.1, 0.15) is 0 Å². The first-order valence-corrected chi connectivity index (χ1v) is 7.26. The van der Waals surface area contributed by atoms with Crippen LogP contribution in [0, 0.1) is 29.1 Å². The monoisotopic (exact) mass is 222 g/mol. The second-order valence-electron chi connectivity index (χ2n) is 6.77. The third-order valence-electron chi connectivity index (χ3n) is 6.19. The topological polar surface area (TPSA) is 9.23 Å². The Labute approximate surface area is 99.9 Å². The van der Waals surface area contributed by atoms with Crippen molar-refractivity contribution >= 4 is 0 Å². The summed E-state index contributed by atoms with van der Waals surface area (Å²) in [4.78, 5) is 0. The molecule has 1 unspecified atom stereocenters. The predicted molar refractivity (Wildman–Crippen MR) is 66.2 cm³/mol. The van der Waals surface area contributed by atoms with E-state index in [-0.39, 0.29) is 0 Å². The highest BCUT2D eigenvalue weighted by molar-refractivity contribution is 5.06. The van der Waals surface area contributed by atoms with Gasteiger partial charge >= 0.3 is 0 Å². The molecule has 1 heteroatoms. The molecule has 0 heterocycles. The molecule has 0 saturated heterocycles. The molecular formula is C15H26O.